The molecule has 4 aliphatic rings. The highest BCUT2D eigenvalue weighted by molar-refractivity contribution is 5.84. The first-order valence-corrected chi connectivity index (χ1v) is 6.91. The zero-order valence-electron chi connectivity index (χ0n) is 10.5. The SMILES string of the molecule is O=C1NCC23OC(Cc4ccccc4)(CC12)C1OC13. The van der Waals surface area contributed by atoms with E-state index in [0.717, 1.165) is 12.8 Å². The van der Waals surface area contributed by atoms with E-state index in [-0.39, 0.29) is 35.2 Å². The van der Waals surface area contributed by atoms with E-state index < -0.39 is 0 Å². The van der Waals surface area contributed by atoms with Crippen LogP contribution >= 0.6 is 0 Å². The predicted octanol–water partition coefficient (Wildman–Crippen LogP) is 0.654. The minimum absolute atomic E-state index is 0.0139. The van der Waals surface area contributed by atoms with Crippen molar-refractivity contribution in [2.75, 3.05) is 6.54 Å². The maximum atomic E-state index is 12.0. The minimum atomic E-state index is -0.365. The van der Waals surface area contributed by atoms with Gasteiger partial charge in [0, 0.05) is 6.42 Å². The first kappa shape index (κ1) is 10.4. The molecule has 1 N–H and O–H groups in total. The molecule has 0 saturated carbocycles. The lowest BCUT2D eigenvalue weighted by Gasteiger charge is -2.27. The van der Waals surface area contributed by atoms with Crippen molar-refractivity contribution in [2.45, 2.75) is 36.3 Å². The van der Waals surface area contributed by atoms with Gasteiger partial charge in [0.25, 0.3) is 0 Å². The zero-order valence-corrected chi connectivity index (χ0v) is 10.5. The zero-order chi connectivity index (χ0) is 12.7. The van der Waals surface area contributed by atoms with Gasteiger partial charge < -0.3 is 14.8 Å². The third-order valence-electron chi connectivity index (χ3n) is 5.23. The lowest BCUT2D eigenvalue weighted by Crippen LogP contribution is -2.41. The van der Waals surface area contributed by atoms with Gasteiger partial charge in [-0.1, -0.05) is 30.3 Å². The van der Waals surface area contributed by atoms with Crippen LogP contribution in [-0.4, -0.2) is 35.9 Å². The fourth-order valence-electron chi connectivity index (χ4n) is 4.40. The van der Waals surface area contributed by atoms with Crippen molar-refractivity contribution in [3.63, 3.8) is 0 Å². The molecule has 4 saturated heterocycles. The van der Waals surface area contributed by atoms with Gasteiger partial charge in [-0.25, -0.2) is 0 Å². The Labute approximate surface area is 111 Å². The normalized spacial score (nSPS) is 48.8. The van der Waals surface area contributed by atoms with Gasteiger partial charge in [0.2, 0.25) is 5.91 Å². The lowest BCUT2D eigenvalue weighted by molar-refractivity contribution is -0.125. The average Bonchev–Trinajstić information content (AvgIpc) is 3.05. The number of hydrogen-bond acceptors (Lipinski definition) is 3. The van der Waals surface area contributed by atoms with Crippen LogP contribution in [0.4, 0.5) is 0 Å². The van der Waals surface area contributed by atoms with Crippen molar-refractivity contribution >= 4 is 5.91 Å². The maximum Gasteiger partial charge on any atom is 0.226 e. The summed E-state index contributed by atoms with van der Waals surface area (Å²) in [7, 11) is 0. The molecule has 0 aliphatic carbocycles. The Balaban J connectivity index is 1.53. The number of fused-ring (bicyclic) bond motifs is 3. The molecule has 98 valence electrons. The van der Waals surface area contributed by atoms with Gasteiger partial charge in [0.15, 0.2) is 0 Å². The van der Waals surface area contributed by atoms with Gasteiger partial charge in [-0.3, -0.25) is 4.79 Å². The summed E-state index contributed by atoms with van der Waals surface area (Å²) in [6.07, 6.45) is 1.97. The van der Waals surface area contributed by atoms with E-state index in [0.29, 0.717) is 6.54 Å². The molecule has 4 aliphatic heterocycles. The first-order valence-electron chi connectivity index (χ1n) is 6.91. The van der Waals surface area contributed by atoms with Crippen LogP contribution in [0, 0.1) is 5.92 Å². The third kappa shape index (κ3) is 1.11. The lowest BCUT2D eigenvalue weighted by atomic mass is 9.74. The van der Waals surface area contributed by atoms with Crippen molar-refractivity contribution in [2.24, 2.45) is 5.92 Å². The molecule has 5 rings (SSSR count). The monoisotopic (exact) mass is 257 g/mol. The van der Waals surface area contributed by atoms with Crippen LogP contribution in [0.15, 0.2) is 30.3 Å². The molecule has 4 fully saturated rings. The summed E-state index contributed by atoms with van der Waals surface area (Å²) in [5, 5.41) is 2.93. The van der Waals surface area contributed by atoms with E-state index >= 15 is 0 Å². The number of epoxide rings is 1. The Morgan fingerprint density at radius 3 is 2.95 bits per heavy atom. The van der Waals surface area contributed by atoms with E-state index in [1.165, 1.54) is 5.56 Å². The number of carbonyl (C=O) groups is 1. The Morgan fingerprint density at radius 2 is 2.11 bits per heavy atom. The number of rotatable bonds is 2. The summed E-state index contributed by atoms with van der Waals surface area (Å²) in [5.74, 6) is 0.129. The Bertz CT molecular complexity index is 574. The van der Waals surface area contributed by atoms with Crippen LogP contribution in [0.2, 0.25) is 0 Å². The van der Waals surface area contributed by atoms with Gasteiger partial charge in [-0.2, -0.15) is 0 Å². The number of hydrogen-bond donors (Lipinski definition) is 1. The molecule has 4 heteroatoms. The van der Waals surface area contributed by atoms with Crippen molar-refractivity contribution in [1.82, 2.24) is 5.32 Å². The molecule has 5 atom stereocenters. The molecule has 0 radical (unpaired) electrons. The summed E-state index contributed by atoms with van der Waals surface area (Å²) in [5.41, 5.74) is 0.625. The number of ether oxygens (including phenoxy) is 2. The predicted molar refractivity (Wildman–Crippen MR) is 66.5 cm³/mol. The second-order valence-corrected chi connectivity index (χ2v) is 6.24. The number of carbonyl (C=O) groups excluding carboxylic acids is 1. The molecule has 1 spiro atoms. The highest BCUT2D eigenvalue weighted by atomic mass is 16.7. The van der Waals surface area contributed by atoms with Crippen LogP contribution in [0.25, 0.3) is 0 Å². The van der Waals surface area contributed by atoms with Gasteiger partial charge in [0.05, 0.1) is 12.5 Å². The van der Waals surface area contributed by atoms with E-state index in [1.54, 1.807) is 0 Å². The molecule has 0 aromatic heterocycles. The fraction of sp³-hybridized carbons (Fsp3) is 0.533. The molecule has 19 heavy (non-hydrogen) atoms. The molecule has 5 unspecified atom stereocenters. The van der Waals surface area contributed by atoms with Crippen molar-refractivity contribution < 1.29 is 14.3 Å². The Kier molecular flexibility index (Phi) is 1.65. The van der Waals surface area contributed by atoms with Crippen LogP contribution in [0.1, 0.15) is 12.0 Å². The standard InChI is InChI=1S/C15H15NO3/c17-13-10-7-14(6-9-4-2-1-3-5-9)11-12(18-11)15(10,19-14)8-16-13/h1-5,10-12H,6-8H2,(H,16,17). The average molecular weight is 257 g/mol. The smallest absolute Gasteiger partial charge is 0.226 e. The number of amides is 1. The largest absolute Gasteiger partial charge is 0.363 e. The number of benzene rings is 1. The summed E-state index contributed by atoms with van der Waals surface area (Å²) in [6, 6.07) is 10.4. The van der Waals surface area contributed by atoms with Crippen LogP contribution < -0.4 is 5.32 Å². The van der Waals surface area contributed by atoms with E-state index in [9.17, 15) is 4.79 Å². The topological polar surface area (TPSA) is 50.9 Å². The van der Waals surface area contributed by atoms with Crippen molar-refractivity contribution in [3.8, 4) is 0 Å². The molecule has 4 nitrogen and oxygen atoms in total. The van der Waals surface area contributed by atoms with Crippen LogP contribution in [-0.2, 0) is 20.7 Å². The molecule has 1 amide bonds. The van der Waals surface area contributed by atoms with Crippen LogP contribution in [0.5, 0.6) is 0 Å². The van der Waals surface area contributed by atoms with E-state index in [2.05, 4.69) is 17.4 Å². The second-order valence-electron chi connectivity index (χ2n) is 6.24. The Morgan fingerprint density at radius 1 is 1.26 bits per heavy atom. The maximum absolute atomic E-state index is 12.0. The molecular weight excluding hydrogens is 242 g/mol. The Hall–Kier alpha value is -1.39. The third-order valence-corrected chi connectivity index (χ3v) is 5.23. The summed E-state index contributed by atoms with van der Waals surface area (Å²) < 4.78 is 12.3. The molecular formula is C15H15NO3. The molecule has 1 aromatic carbocycles. The summed E-state index contributed by atoms with van der Waals surface area (Å²) >= 11 is 0. The molecule has 1 aromatic rings. The van der Waals surface area contributed by atoms with Crippen molar-refractivity contribution in [1.29, 1.82) is 0 Å². The molecule has 4 heterocycles. The highest BCUT2D eigenvalue weighted by Crippen LogP contribution is 2.65. The van der Waals surface area contributed by atoms with E-state index in [4.69, 9.17) is 9.47 Å². The minimum Gasteiger partial charge on any atom is -0.363 e. The van der Waals surface area contributed by atoms with Gasteiger partial charge in [-0.05, 0) is 12.0 Å². The van der Waals surface area contributed by atoms with Gasteiger partial charge in [0.1, 0.15) is 23.4 Å². The highest BCUT2D eigenvalue weighted by Gasteiger charge is 2.82. The summed E-state index contributed by atoms with van der Waals surface area (Å²) in [6.45, 7) is 0.619. The van der Waals surface area contributed by atoms with Crippen LogP contribution in [0.3, 0.4) is 0 Å². The fourth-order valence-corrected chi connectivity index (χ4v) is 4.40. The van der Waals surface area contributed by atoms with E-state index in [1.807, 2.05) is 18.2 Å². The quantitative estimate of drug-likeness (QED) is 0.792. The van der Waals surface area contributed by atoms with Crippen molar-refractivity contribution in [3.05, 3.63) is 35.9 Å². The summed E-state index contributed by atoms with van der Waals surface area (Å²) in [4.78, 5) is 12.0. The second kappa shape index (κ2) is 3.02. The first-order chi connectivity index (χ1) is 9.24. The number of nitrogens with one attached hydrogen (secondary N) is 1. The molecule has 2 bridgehead atoms. The van der Waals surface area contributed by atoms with Gasteiger partial charge in [-0.15, -0.1) is 0 Å². The van der Waals surface area contributed by atoms with Gasteiger partial charge >= 0.3 is 0 Å².